The molecule has 0 radical (unpaired) electrons. The van der Waals surface area contributed by atoms with Gasteiger partial charge in [0.1, 0.15) is 22.3 Å². The highest BCUT2D eigenvalue weighted by atomic mass is 16.3. The molecule has 0 unspecified atom stereocenters. The number of pyridine rings is 2. The first-order chi connectivity index (χ1) is 28.8. The number of fused-ring (bicyclic) bond motifs is 16. The molecule has 0 spiro atoms. The Morgan fingerprint density at radius 2 is 0.897 bits per heavy atom. The van der Waals surface area contributed by atoms with E-state index in [4.69, 9.17) is 18.8 Å². The van der Waals surface area contributed by atoms with Crippen LogP contribution >= 0.6 is 0 Å². The summed E-state index contributed by atoms with van der Waals surface area (Å²) in [6.45, 7) is 0. The fourth-order valence-corrected chi connectivity index (χ4v) is 9.38. The van der Waals surface area contributed by atoms with E-state index in [9.17, 15) is 0 Å². The predicted octanol–water partition coefficient (Wildman–Crippen LogP) is 15.0. The average molecular weight is 739 g/mol. The van der Waals surface area contributed by atoms with Crippen molar-refractivity contribution in [2.75, 3.05) is 0 Å². The largest absolute Gasteiger partial charge is 0.455 e. The first kappa shape index (κ1) is 31.4. The van der Waals surface area contributed by atoms with Crippen LogP contribution in [0.5, 0.6) is 0 Å². The quantitative estimate of drug-likeness (QED) is 0.169. The molecule has 0 N–H and O–H groups in total. The lowest BCUT2D eigenvalue weighted by atomic mass is 9.89. The minimum atomic E-state index is 0.768. The van der Waals surface area contributed by atoms with Crippen molar-refractivity contribution in [3.63, 3.8) is 0 Å². The number of aromatic nitrogens is 2. The van der Waals surface area contributed by atoms with Gasteiger partial charge >= 0.3 is 0 Å². The van der Waals surface area contributed by atoms with E-state index in [1.54, 1.807) is 0 Å². The normalized spacial score (nSPS) is 12.1. The van der Waals surface area contributed by atoms with Crippen molar-refractivity contribution in [3.8, 4) is 33.6 Å². The summed E-state index contributed by atoms with van der Waals surface area (Å²) >= 11 is 0. The summed E-state index contributed by atoms with van der Waals surface area (Å²) in [4.78, 5) is 10.9. The number of rotatable bonds is 3. The third-order valence-corrected chi connectivity index (χ3v) is 12.0. The first-order valence-electron chi connectivity index (χ1n) is 19.7. The summed E-state index contributed by atoms with van der Waals surface area (Å²) < 4.78 is 13.2. The van der Waals surface area contributed by atoms with Gasteiger partial charge in [-0.3, -0.25) is 0 Å². The summed E-state index contributed by atoms with van der Waals surface area (Å²) in [5, 5.41) is 13.3. The van der Waals surface area contributed by atoms with Crippen molar-refractivity contribution in [2.45, 2.75) is 0 Å². The van der Waals surface area contributed by atoms with E-state index < -0.39 is 0 Å². The molecule has 0 saturated carbocycles. The Labute approximate surface area is 331 Å². The second-order valence-electron chi connectivity index (χ2n) is 15.2. The highest BCUT2D eigenvalue weighted by Gasteiger charge is 2.22. The first-order valence-corrected chi connectivity index (χ1v) is 19.7. The van der Waals surface area contributed by atoms with Crippen LogP contribution in [0.25, 0.3) is 132 Å². The second kappa shape index (κ2) is 11.8. The number of furan rings is 2. The number of hydrogen-bond acceptors (Lipinski definition) is 4. The van der Waals surface area contributed by atoms with Crippen molar-refractivity contribution in [3.05, 3.63) is 182 Å². The van der Waals surface area contributed by atoms with Crippen LogP contribution in [0.4, 0.5) is 0 Å². The van der Waals surface area contributed by atoms with Crippen molar-refractivity contribution in [1.82, 2.24) is 9.97 Å². The standard InChI is InChI=1S/C54H30N2O2/c1-2-13-33(14-3-1)49-44-30-43(36-16-6-7-18-38(36)47(44)41-27-26-31-12-4-5-15-35(31)51(41)55-49)32-22-24-34(25-23-32)50-48-40-19-9-11-21-46(40)57-53(48)42-29-28-39-37-17-8-10-20-45(37)58-54(39)52(42)56-50/h1-30H. The lowest BCUT2D eigenvalue weighted by Crippen LogP contribution is -1.94. The number of benzene rings is 9. The monoisotopic (exact) mass is 738 g/mol. The van der Waals surface area contributed by atoms with Gasteiger partial charge in [0.05, 0.1) is 22.3 Å². The molecular formula is C54H30N2O2. The van der Waals surface area contributed by atoms with Crippen LogP contribution in [0.2, 0.25) is 0 Å². The minimum absolute atomic E-state index is 0.768. The molecule has 13 aromatic rings. The van der Waals surface area contributed by atoms with E-state index in [1.807, 2.05) is 30.3 Å². The molecule has 0 fully saturated rings. The lowest BCUT2D eigenvalue weighted by molar-refractivity contribution is 0.668. The van der Waals surface area contributed by atoms with Gasteiger partial charge < -0.3 is 8.83 Å². The molecule has 4 aromatic heterocycles. The summed E-state index contributed by atoms with van der Waals surface area (Å²) in [6, 6.07) is 64.3. The third-order valence-electron chi connectivity index (χ3n) is 12.0. The number of hydrogen-bond donors (Lipinski definition) is 0. The van der Waals surface area contributed by atoms with Crippen LogP contribution < -0.4 is 0 Å². The van der Waals surface area contributed by atoms with Gasteiger partial charge in [-0.1, -0.05) is 152 Å². The van der Waals surface area contributed by atoms with Crippen molar-refractivity contribution < 1.29 is 8.83 Å². The van der Waals surface area contributed by atoms with Gasteiger partial charge in [-0.15, -0.1) is 0 Å². The molecule has 13 rings (SSSR count). The zero-order valence-corrected chi connectivity index (χ0v) is 31.0. The van der Waals surface area contributed by atoms with Crippen LogP contribution in [-0.4, -0.2) is 9.97 Å². The molecule has 0 bridgehead atoms. The molecule has 268 valence electrons. The summed E-state index contributed by atoms with van der Waals surface area (Å²) in [5.41, 5.74) is 11.3. The topological polar surface area (TPSA) is 52.1 Å². The molecule has 0 saturated heterocycles. The molecule has 4 heteroatoms. The van der Waals surface area contributed by atoms with E-state index in [1.165, 1.54) is 21.5 Å². The molecule has 4 nitrogen and oxygen atoms in total. The fraction of sp³-hybridized carbons (Fsp3) is 0. The van der Waals surface area contributed by atoms with Gasteiger partial charge in [-0.25, -0.2) is 9.97 Å². The van der Waals surface area contributed by atoms with Gasteiger partial charge in [-0.05, 0) is 57.6 Å². The van der Waals surface area contributed by atoms with Crippen LogP contribution in [-0.2, 0) is 0 Å². The minimum Gasteiger partial charge on any atom is -0.455 e. The van der Waals surface area contributed by atoms with Crippen molar-refractivity contribution in [2.24, 2.45) is 0 Å². The molecule has 0 aliphatic heterocycles. The summed E-state index contributed by atoms with van der Waals surface area (Å²) in [7, 11) is 0. The number of para-hydroxylation sites is 2. The third kappa shape index (κ3) is 4.40. The molecule has 0 aliphatic rings. The van der Waals surface area contributed by atoms with E-state index in [0.717, 1.165) is 110 Å². The van der Waals surface area contributed by atoms with E-state index in [0.29, 0.717) is 0 Å². The maximum atomic E-state index is 6.65. The van der Waals surface area contributed by atoms with Crippen LogP contribution in [0.15, 0.2) is 191 Å². The molecule has 0 atom stereocenters. The van der Waals surface area contributed by atoms with Gasteiger partial charge in [0.15, 0.2) is 5.58 Å². The van der Waals surface area contributed by atoms with Crippen molar-refractivity contribution >= 4 is 98.0 Å². The SMILES string of the molecule is c1ccc(-c2nc3c4ccccc4ccc3c3c2cc(-c2ccc(-c4nc5c(ccc6c7ccccc7oc65)c5oc6ccccc6c45)cc2)c2ccccc23)cc1. The Hall–Kier alpha value is -7.82. The zero-order chi connectivity index (χ0) is 37.9. The molecule has 0 amide bonds. The Bertz CT molecular complexity index is 3840. The van der Waals surface area contributed by atoms with Gasteiger partial charge in [0, 0.05) is 54.2 Å². The Balaban J connectivity index is 1.07. The average Bonchev–Trinajstić information content (AvgIpc) is 3.88. The maximum absolute atomic E-state index is 6.65. The Kier molecular flexibility index (Phi) is 6.41. The summed E-state index contributed by atoms with van der Waals surface area (Å²) in [6.07, 6.45) is 0. The van der Waals surface area contributed by atoms with Crippen molar-refractivity contribution in [1.29, 1.82) is 0 Å². The zero-order valence-electron chi connectivity index (χ0n) is 31.0. The molecule has 9 aromatic carbocycles. The van der Waals surface area contributed by atoms with E-state index in [2.05, 4.69) is 152 Å². The second-order valence-corrected chi connectivity index (χ2v) is 15.2. The van der Waals surface area contributed by atoms with Crippen LogP contribution in [0.1, 0.15) is 0 Å². The van der Waals surface area contributed by atoms with Gasteiger partial charge in [0.25, 0.3) is 0 Å². The smallest absolute Gasteiger partial charge is 0.161 e. The number of nitrogens with zero attached hydrogens (tertiary/aromatic N) is 2. The van der Waals surface area contributed by atoms with Gasteiger partial charge in [0.2, 0.25) is 0 Å². The van der Waals surface area contributed by atoms with Crippen LogP contribution in [0, 0.1) is 0 Å². The van der Waals surface area contributed by atoms with E-state index >= 15 is 0 Å². The maximum Gasteiger partial charge on any atom is 0.161 e. The predicted molar refractivity (Wildman–Crippen MR) is 240 cm³/mol. The van der Waals surface area contributed by atoms with Crippen LogP contribution in [0.3, 0.4) is 0 Å². The Morgan fingerprint density at radius 3 is 1.72 bits per heavy atom. The molecular weight excluding hydrogens is 709 g/mol. The molecule has 0 aliphatic carbocycles. The Morgan fingerprint density at radius 1 is 0.310 bits per heavy atom. The molecule has 58 heavy (non-hydrogen) atoms. The summed E-state index contributed by atoms with van der Waals surface area (Å²) in [5.74, 6) is 0. The van der Waals surface area contributed by atoms with E-state index in [-0.39, 0.29) is 0 Å². The highest BCUT2D eigenvalue weighted by Crippen LogP contribution is 2.45. The lowest BCUT2D eigenvalue weighted by Gasteiger charge is -2.17. The fourth-order valence-electron chi connectivity index (χ4n) is 9.38. The molecule has 4 heterocycles. The highest BCUT2D eigenvalue weighted by molar-refractivity contribution is 6.28. The van der Waals surface area contributed by atoms with Gasteiger partial charge in [-0.2, -0.15) is 0 Å².